The molecule has 0 N–H and O–H groups in total. The molecule has 2 aromatic carbocycles. The number of carbonyl (C=O) groups is 1. The highest BCUT2D eigenvalue weighted by atomic mass is 16.2. The summed E-state index contributed by atoms with van der Waals surface area (Å²) in [6, 6.07) is 18.8. The normalized spacial score (nSPS) is 15.0. The van der Waals surface area contributed by atoms with E-state index in [1.54, 1.807) is 12.5 Å². The number of hydrogen-bond acceptors (Lipinski definition) is 2. The molecule has 0 spiro atoms. The molecule has 4 nitrogen and oxygen atoms in total. The average molecular weight is 374 g/mol. The Labute approximate surface area is 166 Å². The van der Waals surface area contributed by atoms with Gasteiger partial charge in [-0.05, 0) is 56.2 Å². The number of piperidine rings is 1. The number of imidazole rings is 1. The molecule has 1 aromatic heterocycles. The fraction of sp³-hybridized carbons (Fsp3) is 0.333. The van der Waals surface area contributed by atoms with E-state index in [9.17, 15) is 4.79 Å². The van der Waals surface area contributed by atoms with E-state index in [0.29, 0.717) is 11.6 Å². The third-order valence-electron chi connectivity index (χ3n) is 5.76. The van der Waals surface area contributed by atoms with Gasteiger partial charge in [0.25, 0.3) is 5.91 Å². The Morgan fingerprint density at radius 2 is 1.75 bits per heavy atom. The first kappa shape index (κ1) is 18.5. The highest BCUT2D eigenvalue weighted by Gasteiger charge is 2.25. The van der Waals surface area contributed by atoms with Gasteiger partial charge >= 0.3 is 0 Å². The first-order valence-corrected chi connectivity index (χ1v) is 10.1. The monoisotopic (exact) mass is 373 g/mol. The van der Waals surface area contributed by atoms with Crippen molar-refractivity contribution in [3.63, 3.8) is 0 Å². The zero-order valence-corrected chi connectivity index (χ0v) is 16.4. The molecule has 0 unspecified atom stereocenters. The molecule has 1 amide bonds. The molecule has 4 rings (SSSR count). The van der Waals surface area contributed by atoms with Gasteiger partial charge in [0.1, 0.15) is 5.69 Å². The van der Waals surface area contributed by atoms with Crippen molar-refractivity contribution in [2.24, 2.45) is 5.92 Å². The number of amides is 1. The molecule has 28 heavy (non-hydrogen) atoms. The molecule has 0 bridgehead atoms. The SMILES string of the molecule is Cc1ccc(CCC2CCN(C(=O)c3cncn3-c3ccccc3)CC2)cc1. The van der Waals surface area contributed by atoms with Crippen molar-refractivity contribution in [2.45, 2.75) is 32.6 Å². The molecular weight excluding hydrogens is 346 g/mol. The van der Waals surface area contributed by atoms with Crippen molar-refractivity contribution in [1.29, 1.82) is 0 Å². The Kier molecular flexibility index (Phi) is 5.56. The lowest BCUT2D eigenvalue weighted by molar-refractivity contribution is 0.0679. The molecule has 4 heteroatoms. The third-order valence-corrected chi connectivity index (χ3v) is 5.76. The zero-order valence-electron chi connectivity index (χ0n) is 16.4. The fourth-order valence-corrected chi connectivity index (χ4v) is 3.96. The van der Waals surface area contributed by atoms with Gasteiger partial charge in [0.2, 0.25) is 0 Å². The van der Waals surface area contributed by atoms with Crippen molar-refractivity contribution in [1.82, 2.24) is 14.5 Å². The van der Waals surface area contributed by atoms with E-state index in [-0.39, 0.29) is 5.91 Å². The summed E-state index contributed by atoms with van der Waals surface area (Å²) in [5.74, 6) is 0.780. The van der Waals surface area contributed by atoms with Crippen LogP contribution in [0, 0.1) is 12.8 Å². The quantitative estimate of drug-likeness (QED) is 0.652. The number of nitrogens with zero attached hydrogens (tertiary/aromatic N) is 3. The molecule has 0 saturated carbocycles. The minimum absolute atomic E-state index is 0.0818. The van der Waals surface area contributed by atoms with Crippen LogP contribution < -0.4 is 0 Å². The minimum atomic E-state index is 0.0818. The summed E-state index contributed by atoms with van der Waals surface area (Å²) >= 11 is 0. The highest BCUT2D eigenvalue weighted by Crippen LogP contribution is 2.24. The minimum Gasteiger partial charge on any atom is -0.337 e. The number of aryl methyl sites for hydroxylation is 2. The van der Waals surface area contributed by atoms with Gasteiger partial charge in [-0.2, -0.15) is 0 Å². The van der Waals surface area contributed by atoms with Crippen LogP contribution in [0.25, 0.3) is 5.69 Å². The number of hydrogen-bond donors (Lipinski definition) is 0. The molecule has 1 aliphatic heterocycles. The summed E-state index contributed by atoms with van der Waals surface area (Å²) in [6.45, 7) is 3.79. The van der Waals surface area contributed by atoms with E-state index >= 15 is 0 Å². The fourth-order valence-electron chi connectivity index (χ4n) is 3.96. The van der Waals surface area contributed by atoms with E-state index in [1.165, 1.54) is 17.5 Å². The Morgan fingerprint density at radius 3 is 2.46 bits per heavy atom. The van der Waals surface area contributed by atoms with Crippen molar-refractivity contribution in [3.8, 4) is 5.69 Å². The largest absolute Gasteiger partial charge is 0.337 e. The second-order valence-corrected chi connectivity index (χ2v) is 7.74. The van der Waals surface area contributed by atoms with Crippen LogP contribution in [0.2, 0.25) is 0 Å². The maximum Gasteiger partial charge on any atom is 0.272 e. The van der Waals surface area contributed by atoms with E-state index < -0.39 is 0 Å². The molecule has 3 aromatic rings. The third kappa shape index (κ3) is 4.16. The Hall–Kier alpha value is -2.88. The number of carbonyl (C=O) groups excluding carboxylic acids is 1. The summed E-state index contributed by atoms with van der Waals surface area (Å²) in [6.07, 6.45) is 7.89. The van der Waals surface area contributed by atoms with Crippen molar-refractivity contribution in [3.05, 3.63) is 83.9 Å². The second-order valence-electron chi connectivity index (χ2n) is 7.74. The molecular formula is C24H27N3O. The Balaban J connectivity index is 1.33. The van der Waals surface area contributed by atoms with Gasteiger partial charge in [-0.3, -0.25) is 9.36 Å². The second kappa shape index (κ2) is 8.42. The first-order valence-electron chi connectivity index (χ1n) is 10.1. The maximum absolute atomic E-state index is 13.0. The van der Waals surface area contributed by atoms with Crippen molar-refractivity contribution >= 4 is 5.91 Å². The number of likely N-dealkylation sites (tertiary alicyclic amines) is 1. The van der Waals surface area contributed by atoms with Crippen molar-refractivity contribution < 1.29 is 4.79 Å². The Bertz CT molecular complexity index is 907. The maximum atomic E-state index is 13.0. The van der Waals surface area contributed by atoms with Crippen LogP contribution in [0.15, 0.2) is 67.1 Å². The smallest absolute Gasteiger partial charge is 0.272 e. The Morgan fingerprint density at radius 1 is 1.04 bits per heavy atom. The van der Waals surface area contributed by atoms with E-state index in [4.69, 9.17) is 0 Å². The van der Waals surface area contributed by atoms with Crippen LogP contribution in [0.3, 0.4) is 0 Å². The van der Waals surface area contributed by atoms with Gasteiger partial charge in [-0.25, -0.2) is 4.98 Å². The van der Waals surface area contributed by atoms with Crippen LogP contribution in [0.4, 0.5) is 0 Å². The molecule has 0 atom stereocenters. The highest BCUT2D eigenvalue weighted by molar-refractivity contribution is 5.93. The number of aromatic nitrogens is 2. The van der Waals surface area contributed by atoms with Gasteiger partial charge in [-0.15, -0.1) is 0 Å². The molecule has 0 radical (unpaired) electrons. The average Bonchev–Trinajstić information content (AvgIpc) is 3.24. The lowest BCUT2D eigenvalue weighted by Gasteiger charge is -2.32. The zero-order chi connectivity index (χ0) is 19.3. The summed E-state index contributed by atoms with van der Waals surface area (Å²) in [5.41, 5.74) is 4.34. The van der Waals surface area contributed by atoms with Crippen molar-refractivity contribution in [2.75, 3.05) is 13.1 Å². The van der Waals surface area contributed by atoms with Crippen LogP contribution in [0.1, 0.15) is 40.9 Å². The lowest BCUT2D eigenvalue weighted by atomic mass is 9.90. The van der Waals surface area contributed by atoms with Gasteiger partial charge < -0.3 is 4.90 Å². The topological polar surface area (TPSA) is 38.1 Å². The van der Waals surface area contributed by atoms with Gasteiger partial charge in [0, 0.05) is 18.8 Å². The number of para-hydroxylation sites is 1. The van der Waals surface area contributed by atoms with Gasteiger partial charge in [0.15, 0.2) is 0 Å². The molecule has 0 aliphatic carbocycles. The summed E-state index contributed by atoms with van der Waals surface area (Å²) in [7, 11) is 0. The van der Waals surface area contributed by atoms with Crippen LogP contribution >= 0.6 is 0 Å². The number of rotatable bonds is 5. The number of benzene rings is 2. The predicted octanol–water partition coefficient (Wildman–Crippen LogP) is 4.67. The summed E-state index contributed by atoms with van der Waals surface area (Å²) in [4.78, 5) is 19.2. The summed E-state index contributed by atoms with van der Waals surface area (Å²) in [5, 5.41) is 0. The molecule has 2 heterocycles. The van der Waals surface area contributed by atoms with E-state index in [1.807, 2.05) is 39.8 Å². The van der Waals surface area contributed by atoms with Gasteiger partial charge in [-0.1, -0.05) is 48.0 Å². The molecule has 1 saturated heterocycles. The standard InChI is InChI=1S/C24H27N3O/c1-19-7-9-20(10-8-19)11-12-21-13-15-26(16-14-21)24(28)23-17-25-18-27(23)22-5-3-2-4-6-22/h2-10,17-18,21H,11-16H2,1H3. The van der Waals surface area contributed by atoms with E-state index in [2.05, 4.69) is 36.2 Å². The predicted molar refractivity (Wildman–Crippen MR) is 112 cm³/mol. The van der Waals surface area contributed by atoms with Gasteiger partial charge in [0.05, 0.1) is 12.5 Å². The molecule has 144 valence electrons. The van der Waals surface area contributed by atoms with Crippen LogP contribution in [-0.2, 0) is 6.42 Å². The van der Waals surface area contributed by atoms with Crippen LogP contribution in [-0.4, -0.2) is 33.4 Å². The molecule has 1 fully saturated rings. The molecule has 1 aliphatic rings. The summed E-state index contributed by atoms with van der Waals surface area (Å²) < 4.78 is 1.88. The lowest BCUT2D eigenvalue weighted by Crippen LogP contribution is -2.39. The first-order chi connectivity index (χ1) is 13.7. The van der Waals surface area contributed by atoms with E-state index in [0.717, 1.165) is 38.0 Å². The van der Waals surface area contributed by atoms with Crippen LogP contribution in [0.5, 0.6) is 0 Å².